The summed E-state index contributed by atoms with van der Waals surface area (Å²) >= 11 is 3.41. The Morgan fingerprint density at radius 3 is 2.83 bits per heavy atom. The van der Waals surface area contributed by atoms with Gasteiger partial charge in [0, 0.05) is 30.3 Å². The highest BCUT2D eigenvalue weighted by molar-refractivity contribution is 9.10. The van der Waals surface area contributed by atoms with Gasteiger partial charge in [0.15, 0.2) is 0 Å². The third kappa shape index (κ3) is 5.19. The predicted molar refractivity (Wildman–Crippen MR) is 93.7 cm³/mol. The van der Waals surface area contributed by atoms with Gasteiger partial charge in [0.1, 0.15) is 0 Å². The number of carbonyl (C=O) groups is 2. The molecule has 0 bridgehead atoms. The van der Waals surface area contributed by atoms with E-state index >= 15 is 0 Å². The van der Waals surface area contributed by atoms with Crippen LogP contribution in [0.1, 0.15) is 35.7 Å². The molecule has 2 aromatic rings. The van der Waals surface area contributed by atoms with Crippen molar-refractivity contribution in [1.82, 2.24) is 14.7 Å². The largest absolute Gasteiger partial charge is 0.481 e. The van der Waals surface area contributed by atoms with Crippen molar-refractivity contribution < 1.29 is 14.7 Å². The second-order valence-corrected chi connectivity index (χ2v) is 6.41. The normalized spacial score (nSPS) is 10.6. The van der Waals surface area contributed by atoms with Crippen LogP contribution in [-0.4, -0.2) is 38.2 Å². The number of nitrogens with zero attached hydrogens (tertiary/aromatic N) is 3. The molecule has 0 aliphatic rings. The Kier molecular flexibility index (Phi) is 6.54. The molecular weight excluding hydrogens is 374 g/mol. The Balaban J connectivity index is 2.17. The van der Waals surface area contributed by atoms with E-state index < -0.39 is 5.97 Å². The third-order valence-electron chi connectivity index (χ3n) is 3.48. The van der Waals surface area contributed by atoms with Crippen LogP contribution < -0.4 is 0 Å². The van der Waals surface area contributed by atoms with Crippen LogP contribution in [0.2, 0.25) is 0 Å². The Morgan fingerprint density at radius 1 is 1.38 bits per heavy atom. The molecule has 1 aromatic carbocycles. The molecule has 1 N–H and O–H groups in total. The molecule has 1 aromatic heterocycles. The highest BCUT2D eigenvalue weighted by Gasteiger charge is 2.19. The predicted octanol–water partition coefficient (Wildman–Crippen LogP) is 3.17. The smallest absolute Gasteiger partial charge is 0.305 e. The maximum atomic E-state index is 12.7. The minimum Gasteiger partial charge on any atom is -0.481 e. The molecule has 6 nitrogen and oxygen atoms in total. The number of hydrogen-bond donors (Lipinski definition) is 1. The second kappa shape index (κ2) is 8.63. The van der Waals surface area contributed by atoms with Gasteiger partial charge in [-0.3, -0.25) is 14.3 Å². The zero-order chi connectivity index (χ0) is 17.5. The molecule has 0 radical (unpaired) electrons. The number of aliphatic carboxylic acids is 1. The average Bonchev–Trinajstić information content (AvgIpc) is 2.99. The molecule has 24 heavy (non-hydrogen) atoms. The molecule has 0 aliphatic carbocycles. The Labute approximate surface area is 149 Å². The van der Waals surface area contributed by atoms with Gasteiger partial charge < -0.3 is 10.0 Å². The van der Waals surface area contributed by atoms with Crippen molar-refractivity contribution in [2.45, 2.75) is 32.9 Å². The Bertz CT molecular complexity index is 715. The fourth-order valence-corrected chi connectivity index (χ4v) is 2.79. The first kappa shape index (κ1) is 18.2. The fraction of sp³-hybridized carbons (Fsp3) is 0.353. The van der Waals surface area contributed by atoms with E-state index in [-0.39, 0.29) is 18.9 Å². The van der Waals surface area contributed by atoms with Gasteiger partial charge in [-0.05, 0) is 24.1 Å². The summed E-state index contributed by atoms with van der Waals surface area (Å²) in [5.74, 6) is -1.14. The van der Waals surface area contributed by atoms with Gasteiger partial charge in [0.2, 0.25) is 0 Å². The number of aromatic nitrogens is 2. The van der Waals surface area contributed by atoms with E-state index in [2.05, 4.69) is 21.0 Å². The van der Waals surface area contributed by atoms with Crippen molar-refractivity contribution in [2.75, 3.05) is 6.54 Å². The van der Waals surface area contributed by atoms with Crippen molar-refractivity contribution in [3.05, 3.63) is 52.3 Å². The fourth-order valence-electron chi connectivity index (χ4n) is 2.35. The van der Waals surface area contributed by atoms with Crippen LogP contribution in [0.3, 0.4) is 0 Å². The minimum atomic E-state index is -0.927. The van der Waals surface area contributed by atoms with Crippen molar-refractivity contribution in [2.24, 2.45) is 0 Å². The van der Waals surface area contributed by atoms with Gasteiger partial charge in [0.05, 0.1) is 18.2 Å². The van der Waals surface area contributed by atoms with Gasteiger partial charge in [-0.25, -0.2) is 0 Å². The molecule has 0 fully saturated rings. The number of rotatable bonds is 8. The van der Waals surface area contributed by atoms with Gasteiger partial charge in [-0.1, -0.05) is 35.0 Å². The number of aryl methyl sites for hydroxylation is 1. The van der Waals surface area contributed by atoms with E-state index in [0.29, 0.717) is 12.1 Å². The topological polar surface area (TPSA) is 75.4 Å². The summed E-state index contributed by atoms with van der Waals surface area (Å²) in [5, 5.41) is 13.1. The van der Waals surface area contributed by atoms with E-state index in [1.54, 1.807) is 15.8 Å². The van der Waals surface area contributed by atoms with E-state index in [9.17, 15) is 9.59 Å². The lowest BCUT2D eigenvalue weighted by Gasteiger charge is -2.21. The van der Waals surface area contributed by atoms with E-state index in [0.717, 1.165) is 23.0 Å². The number of benzene rings is 1. The molecule has 0 aliphatic heterocycles. The molecule has 0 spiro atoms. The van der Waals surface area contributed by atoms with E-state index in [4.69, 9.17) is 5.11 Å². The van der Waals surface area contributed by atoms with Gasteiger partial charge >= 0.3 is 5.97 Å². The number of carboxylic acid groups (broad SMARTS) is 1. The minimum absolute atomic E-state index is 0.0944. The summed E-state index contributed by atoms with van der Waals surface area (Å²) in [6.07, 6.45) is 4.08. The van der Waals surface area contributed by atoms with Gasteiger partial charge in [0.25, 0.3) is 5.91 Å². The first-order valence-corrected chi connectivity index (χ1v) is 8.57. The van der Waals surface area contributed by atoms with Gasteiger partial charge in [-0.2, -0.15) is 5.10 Å². The van der Waals surface area contributed by atoms with Crippen LogP contribution in [0.25, 0.3) is 0 Å². The van der Waals surface area contributed by atoms with E-state index in [1.807, 2.05) is 31.2 Å². The van der Waals surface area contributed by atoms with Crippen molar-refractivity contribution in [3.8, 4) is 0 Å². The zero-order valence-corrected chi connectivity index (χ0v) is 15.1. The lowest BCUT2D eigenvalue weighted by molar-refractivity contribution is -0.137. The van der Waals surface area contributed by atoms with Crippen LogP contribution in [0.15, 0.2) is 41.1 Å². The summed E-state index contributed by atoms with van der Waals surface area (Å²) < 4.78 is 2.64. The molecule has 2 rings (SSSR count). The number of carbonyl (C=O) groups excluding carboxylic acids is 1. The molecule has 128 valence electrons. The maximum Gasteiger partial charge on any atom is 0.305 e. The Hall–Kier alpha value is -2.15. The first-order valence-electron chi connectivity index (χ1n) is 7.77. The van der Waals surface area contributed by atoms with Crippen molar-refractivity contribution >= 4 is 27.8 Å². The summed E-state index contributed by atoms with van der Waals surface area (Å²) in [4.78, 5) is 25.2. The molecule has 0 saturated carbocycles. The molecule has 0 saturated heterocycles. The van der Waals surface area contributed by atoms with Crippen LogP contribution in [0, 0.1) is 0 Å². The van der Waals surface area contributed by atoms with Crippen LogP contribution in [-0.2, 0) is 17.9 Å². The molecule has 1 heterocycles. The number of carboxylic acids is 1. The highest BCUT2D eigenvalue weighted by atomic mass is 79.9. The van der Waals surface area contributed by atoms with Crippen molar-refractivity contribution in [1.29, 1.82) is 0 Å². The van der Waals surface area contributed by atoms with Gasteiger partial charge in [-0.15, -0.1) is 0 Å². The lowest BCUT2D eigenvalue weighted by atomic mass is 10.2. The highest BCUT2D eigenvalue weighted by Crippen LogP contribution is 2.15. The van der Waals surface area contributed by atoms with Crippen LogP contribution in [0.4, 0.5) is 0 Å². The van der Waals surface area contributed by atoms with E-state index in [1.165, 1.54) is 6.20 Å². The summed E-state index contributed by atoms with van der Waals surface area (Å²) in [6, 6.07) is 7.62. The SMILES string of the molecule is CCCn1cc(C(=O)N(CCC(=O)O)Cc2cccc(Br)c2)cn1. The maximum absolute atomic E-state index is 12.7. The summed E-state index contributed by atoms with van der Waals surface area (Å²) in [7, 11) is 0. The number of amides is 1. The van der Waals surface area contributed by atoms with Crippen LogP contribution in [0.5, 0.6) is 0 Å². The quantitative estimate of drug-likeness (QED) is 0.746. The monoisotopic (exact) mass is 393 g/mol. The lowest BCUT2D eigenvalue weighted by Crippen LogP contribution is -2.32. The van der Waals surface area contributed by atoms with Crippen LogP contribution >= 0.6 is 15.9 Å². The summed E-state index contributed by atoms with van der Waals surface area (Å²) in [5.41, 5.74) is 1.41. The zero-order valence-electron chi connectivity index (χ0n) is 13.5. The molecule has 1 amide bonds. The standard InChI is InChI=1S/C17H20BrN3O3/c1-2-7-21-12-14(10-19-21)17(24)20(8-6-16(22)23)11-13-4-3-5-15(18)9-13/h3-5,9-10,12H,2,6-8,11H2,1H3,(H,22,23). The Morgan fingerprint density at radius 2 is 2.17 bits per heavy atom. The van der Waals surface area contributed by atoms with Crippen molar-refractivity contribution in [3.63, 3.8) is 0 Å². The molecular formula is C17H20BrN3O3. The second-order valence-electron chi connectivity index (χ2n) is 5.49. The molecule has 0 unspecified atom stereocenters. The third-order valence-corrected chi connectivity index (χ3v) is 3.97. The summed E-state index contributed by atoms with van der Waals surface area (Å²) in [6.45, 7) is 3.29. The first-order chi connectivity index (χ1) is 11.5. The average molecular weight is 394 g/mol. The number of hydrogen-bond acceptors (Lipinski definition) is 3. The molecule has 7 heteroatoms. The molecule has 0 atom stereocenters. The number of halogens is 1.